The van der Waals surface area contributed by atoms with E-state index in [9.17, 15) is 4.79 Å². The van der Waals surface area contributed by atoms with E-state index in [4.69, 9.17) is 5.11 Å². The molecular weight excluding hydrogens is 202 g/mol. The number of aromatic carboxylic acids is 1. The third-order valence-electron chi connectivity index (χ3n) is 2.47. The molecule has 0 unspecified atom stereocenters. The summed E-state index contributed by atoms with van der Waals surface area (Å²) in [5.74, 6) is -0.882. The smallest absolute Gasteiger partial charge is 0.335 e. The molecule has 0 saturated heterocycles. The fourth-order valence-corrected chi connectivity index (χ4v) is 1.61. The average molecular weight is 215 g/mol. The highest BCUT2D eigenvalue weighted by atomic mass is 16.4. The molecule has 3 heteroatoms. The van der Waals surface area contributed by atoms with Gasteiger partial charge in [-0.05, 0) is 30.0 Å². The number of rotatable bonds is 3. The van der Waals surface area contributed by atoms with Crippen LogP contribution in [0, 0.1) is 0 Å². The summed E-state index contributed by atoms with van der Waals surface area (Å²) < 4.78 is 0. The maximum atomic E-state index is 10.7. The van der Waals surface area contributed by atoms with E-state index in [-0.39, 0.29) is 0 Å². The molecule has 0 spiro atoms. The van der Waals surface area contributed by atoms with Crippen molar-refractivity contribution < 1.29 is 9.90 Å². The zero-order valence-electron chi connectivity index (χ0n) is 8.84. The van der Waals surface area contributed by atoms with Crippen molar-refractivity contribution in [2.24, 2.45) is 0 Å². The molecule has 16 heavy (non-hydrogen) atoms. The molecule has 1 aromatic carbocycles. The molecule has 0 aliphatic carbocycles. The van der Waals surface area contributed by atoms with Gasteiger partial charge in [0.25, 0.3) is 0 Å². The minimum atomic E-state index is -0.882. The van der Waals surface area contributed by atoms with E-state index < -0.39 is 5.97 Å². The van der Waals surface area contributed by atoms with Crippen LogP contribution in [0.25, 0.3) is 0 Å². The highest BCUT2D eigenvalue weighted by Gasteiger charge is 2.04. The molecule has 82 valence electrons. The standard InChI is InChI=1S/C13H13NO2/c15-13(16)12-6-4-11(5-7-12)10-14-8-2-1-3-9-14/h1-8H,9-10H2,(H,15,16). The van der Waals surface area contributed by atoms with Crippen LogP contribution in [0.5, 0.6) is 0 Å². The second kappa shape index (κ2) is 4.66. The van der Waals surface area contributed by atoms with Crippen LogP contribution in [0.15, 0.2) is 48.7 Å². The van der Waals surface area contributed by atoms with Crippen LogP contribution in [0.1, 0.15) is 15.9 Å². The third kappa shape index (κ3) is 2.51. The Labute approximate surface area is 94.3 Å². The van der Waals surface area contributed by atoms with Crippen molar-refractivity contribution in [2.75, 3.05) is 6.54 Å². The summed E-state index contributed by atoms with van der Waals surface area (Å²) in [5.41, 5.74) is 1.45. The molecule has 1 heterocycles. The molecule has 0 aromatic heterocycles. The molecule has 0 bridgehead atoms. The number of carbonyl (C=O) groups is 1. The molecule has 0 radical (unpaired) electrons. The van der Waals surface area contributed by atoms with Crippen LogP contribution in [-0.2, 0) is 6.54 Å². The fourth-order valence-electron chi connectivity index (χ4n) is 1.61. The number of nitrogens with zero attached hydrogens (tertiary/aromatic N) is 1. The predicted molar refractivity (Wildman–Crippen MR) is 62.1 cm³/mol. The Morgan fingerprint density at radius 1 is 1.25 bits per heavy atom. The van der Waals surface area contributed by atoms with Crippen molar-refractivity contribution in [1.29, 1.82) is 0 Å². The topological polar surface area (TPSA) is 40.5 Å². The zero-order chi connectivity index (χ0) is 11.4. The quantitative estimate of drug-likeness (QED) is 0.840. The van der Waals surface area contributed by atoms with Crippen molar-refractivity contribution in [3.05, 3.63) is 59.8 Å². The fraction of sp³-hybridized carbons (Fsp3) is 0.154. The Kier molecular flexibility index (Phi) is 3.05. The van der Waals surface area contributed by atoms with Crippen LogP contribution in [0.4, 0.5) is 0 Å². The summed E-state index contributed by atoms with van der Waals surface area (Å²) in [6.07, 6.45) is 8.13. The largest absolute Gasteiger partial charge is 0.478 e. The molecule has 0 amide bonds. The van der Waals surface area contributed by atoms with Gasteiger partial charge in [-0.15, -0.1) is 0 Å². The van der Waals surface area contributed by atoms with Crippen LogP contribution in [-0.4, -0.2) is 22.5 Å². The molecule has 0 fully saturated rings. The van der Waals surface area contributed by atoms with Gasteiger partial charge in [-0.3, -0.25) is 0 Å². The summed E-state index contributed by atoms with van der Waals surface area (Å²) in [6, 6.07) is 6.99. The van der Waals surface area contributed by atoms with E-state index in [0.717, 1.165) is 18.7 Å². The van der Waals surface area contributed by atoms with Gasteiger partial charge in [-0.1, -0.05) is 24.3 Å². The van der Waals surface area contributed by atoms with Gasteiger partial charge in [0.2, 0.25) is 0 Å². The van der Waals surface area contributed by atoms with Crippen LogP contribution in [0.2, 0.25) is 0 Å². The van der Waals surface area contributed by atoms with Crippen molar-refractivity contribution in [2.45, 2.75) is 6.54 Å². The number of carboxylic acid groups (broad SMARTS) is 1. The third-order valence-corrected chi connectivity index (χ3v) is 2.47. The van der Waals surface area contributed by atoms with Gasteiger partial charge >= 0.3 is 5.97 Å². The van der Waals surface area contributed by atoms with E-state index in [2.05, 4.69) is 11.0 Å². The molecule has 1 aromatic rings. The first-order valence-corrected chi connectivity index (χ1v) is 5.15. The lowest BCUT2D eigenvalue weighted by atomic mass is 10.1. The lowest BCUT2D eigenvalue weighted by Crippen LogP contribution is -2.18. The number of hydrogen-bond acceptors (Lipinski definition) is 2. The predicted octanol–water partition coefficient (Wildman–Crippen LogP) is 2.27. The first-order chi connectivity index (χ1) is 7.75. The number of hydrogen-bond donors (Lipinski definition) is 1. The van der Waals surface area contributed by atoms with Gasteiger partial charge in [0.1, 0.15) is 0 Å². The van der Waals surface area contributed by atoms with Crippen LogP contribution < -0.4 is 0 Å². The average Bonchev–Trinajstić information content (AvgIpc) is 2.31. The van der Waals surface area contributed by atoms with Gasteiger partial charge < -0.3 is 10.0 Å². The lowest BCUT2D eigenvalue weighted by Gasteiger charge is -2.20. The normalized spacial score (nSPS) is 14.1. The molecule has 0 atom stereocenters. The Morgan fingerprint density at radius 2 is 2.00 bits per heavy atom. The minimum absolute atomic E-state index is 0.331. The van der Waals surface area contributed by atoms with E-state index in [1.54, 1.807) is 12.1 Å². The summed E-state index contributed by atoms with van der Waals surface area (Å²) >= 11 is 0. The molecule has 1 aliphatic heterocycles. The molecular formula is C13H13NO2. The number of allylic oxidation sites excluding steroid dienone is 2. The summed E-state index contributed by atoms with van der Waals surface area (Å²) in [5, 5.41) is 8.77. The molecule has 1 aliphatic rings. The molecule has 2 rings (SSSR count). The van der Waals surface area contributed by atoms with E-state index in [1.807, 2.05) is 30.5 Å². The maximum Gasteiger partial charge on any atom is 0.335 e. The summed E-state index contributed by atoms with van der Waals surface area (Å²) in [4.78, 5) is 12.8. The SMILES string of the molecule is O=C(O)c1ccc(CN2C=CC=CC2)cc1. The maximum absolute atomic E-state index is 10.7. The first-order valence-electron chi connectivity index (χ1n) is 5.15. The van der Waals surface area contributed by atoms with Gasteiger partial charge in [0.15, 0.2) is 0 Å². The van der Waals surface area contributed by atoms with Crippen molar-refractivity contribution in [1.82, 2.24) is 4.90 Å². The highest BCUT2D eigenvalue weighted by molar-refractivity contribution is 5.87. The Hall–Kier alpha value is -2.03. The van der Waals surface area contributed by atoms with Crippen molar-refractivity contribution in [3.8, 4) is 0 Å². The number of benzene rings is 1. The van der Waals surface area contributed by atoms with E-state index in [1.165, 1.54) is 0 Å². The van der Waals surface area contributed by atoms with E-state index in [0.29, 0.717) is 5.56 Å². The molecule has 3 nitrogen and oxygen atoms in total. The second-order valence-corrected chi connectivity index (χ2v) is 3.70. The minimum Gasteiger partial charge on any atom is -0.478 e. The van der Waals surface area contributed by atoms with Gasteiger partial charge in [-0.2, -0.15) is 0 Å². The number of carboxylic acids is 1. The zero-order valence-corrected chi connectivity index (χ0v) is 8.84. The van der Waals surface area contributed by atoms with Gasteiger partial charge in [0.05, 0.1) is 5.56 Å². The van der Waals surface area contributed by atoms with Gasteiger partial charge in [-0.25, -0.2) is 4.79 Å². The Balaban J connectivity index is 2.02. The second-order valence-electron chi connectivity index (χ2n) is 3.70. The van der Waals surface area contributed by atoms with E-state index >= 15 is 0 Å². The summed E-state index contributed by atoms with van der Waals surface area (Å²) in [7, 11) is 0. The Bertz CT molecular complexity index is 432. The van der Waals surface area contributed by atoms with Crippen LogP contribution in [0.3, 0.4) is 0 Å². The van der Waals surface area contributed by atoms with Crippen molar-refractivity contribution >= 4 is 5.97 Å². The Morgan fingerprint density at radius 3 is 2.56 bits per heavy atom. The summed E-state index contributed by atoms with van der Waals surface area (Å²) in [6.45, 7) is 1.71. The lowest BCUT2D eigenvalue weighted by molar-refractivity contribution is 0.0697. The monoisotopic (exact) mass is 215 g/mol. The molecule has 0 saturated carbocycles. The van der Waals surface area contributed by atoms with Gasteiger partial charge in [0, 0.05) is 13.1 Å². The first kappa shape index (κ1) is 10.5. The van der Waals surface area contributed by atoms with Crippen LogP contribution >= 0.6 is 0 Å². The molecule has 1 N–H and O–H groups in total. The highest BCUT2D eigenvalue weighted by Crippen LogP contribution is 2.09. The van der Waals surface area contributed by atoms with Crippen molar-refractivity contribution in [3.63, 3.8) is 0 Å².